The van der Waals surface area contributed by atoms with Gasteiger partial charge in [0.05, 0.1) is 0 Å². The van der Waals surface area contributed by atoms with Crippen LogP contribution in [0.25, 0.3) is 0 Å². The fraction of sp³-hybridized carbons (Fsp3) is 0.750. The average Bonchev–Trinajstić information content (AvgIpc) is 2.01. The molecule has 0 saturated carbocycles. The van der Waals surface area contributed by atoms with Gasteiger partial charge in [-0.1, -0.05) is 13.8 Å². The molecule has 0 fully saturated rings. The molecule has 0 bridgehead atoms. The van der Waals surface area contributed by atoms with E-state index in [1.165, 1.54) is 0 Å². The van der Waals surface area contributed by atoms with Gasteiger partial charge in [0.15, 0.2) is 0 Å². The summed E-state index contributed by atoms with van der Waals surface area (Å²) >= 11 is 0. The largest absolute Gasteiger partial charge is 0.490 e. The fourth-order valence-corrected chi connectivity index (χ4v) is 0.609. The summed E-state index contributed by atoms with van der Waals surface area (Å²) in [7, 11) is 0. The molecule has 1 unspecified atom stereocenters. The molecule has 0 aromatic rings. The van der Waals surface area contributed by atoms with Crippen molar-refractivity contribution in [3.05, 3.63) is 0 Å². The van der Waals surface area contributed by atoms with Crippen LogP contribution in [0.1, 0.15) is 20.3 Å². The predicted octanol–water partition coefficient (Wildman–Crippen LogP) is 1.08. The monoisotopic (exact) mass is 245 g/mol. The van der Waals surface area contributed by atoms with Gasteiger partial charge in [-0.2, -0.15) is 13.2 Å². The van der Waals surface area contributed by atoms with E-state index in [4.69, 9.17) is 20.7 Å². The Hall–Kier alpha value is -1.31. The topological polar surface area (TPSA) is 101 Å². The van der Waals surface area contributed by atoms with Crippen LogP contribution in [0.15, 0.2) is 0 Å². The second-order valence-corrected chi connectivity index (χ2v) is 3.38. The van der Waals surface area contributed by atoms with Crippen LogP contribution in [0.5, 0.6) is 0 Å². The number of rotatable bonds is 3. The first-order chi connectivity index (χ1) is 6.98. The average molecular weight is 245 g/mol. The van der Waals surface area contributed by atoms with E-state index in [9.17, 15) is 18.0 Å². The van der Waals surface area contributed by atoms with Gasteiger partial charge in [-0.15, -0.1) is 0 Å². The van der Waals surface area contributed by atoms with Gasteiger partial charge in [-0.3, -0.25) is 4.79 Å². The minimum absolute atomic E-state index is 0.357. The Morgan fingerprint density at radius 2 is 1.56 bits per heavy atom. The molecule has 0 aromatic carbocycles. The number of hydrogen-bond acceptors (Lipinski definition) is 3. The lowest BCUT2D eigenvalue weighted by Gasteiger charge is -2.07. The summed E-state index contributed by atoms with van der Waals surface area (Å²) in [6.07, 6.45) is -4.53. The van der Waals surface area contributed by atoms with Crippen LogP contribution in [-0.4, -0.2) is 34.4 Å². The van der Waals surface area contributed by atoms with Crippen LogP contribution in [0.2, 0.25) is 0 Å². The van der Waals surface area contributed by atoms with Gasteiger partial charge >= 0.3 is 18.1 Å². The number of carboxylic acid groups (broad SMARTS) is 2. The molecule has 0 amide bonds. The van der Waals surface area contributed by atoms with E-state index in [-0.39, 0.29) is 0 Å². The zero-order valence-electron chi connectivity index (χ0n) is 8.78. The van der Waals surface area contributed by atoms with Crippen molar-refractivity contribution in [2.75, 3.05) is 0 Å². The minimum atomic E-state index is -5.08. The molecule has 0 aliphatic heterocycles. The van der Waals surface area contributed by atoms with Gasteiger partial charge in [-0.25, -0.2) is 4.79 Å². The van der Waals surface area contributed by atoms with Crippen LogP contribution in [0, 0.1) is 5.92 Å². The van der Waals surface area contributed by atoms with E-state index >= 15 is 0 Å². The van der Waals surface area contributed by atoms with Gasteiger partial charge < -0.3 is 15.9 Å². The van der Waals surface area contributed by atoms with E-state index < -0.39 is 24.2 Å². The van der Waals surface area contributed by atoms with Crippen molar-refractivity contribution in [2.45, 2.75) is 32.5 Å². The van der Waals surface area contributed by atoms with Gasteiger partial charge in [0.25, 0.3) is 0 Å². The highest BCUT2D eigenvalue weighted by Gasteiger charge is 2.38. The Kier molecular flexibility index (Phi) is 7.53. The molecule has 4 N–H and O–H groups in total. The number of aliphatic carboxylic acids is 2. The molecular formula is C8H14F3NO4. The van der Waals surface area contributed by atoms with Crippen molar-refractivity contribution in [2.24, 2.45) is 11.7 Å². The third kappa shape index (κ3) is 10.8. The summed E-state index contributed by atoms with van der Waals surface area (Å²) in [4.78, 5) is 19.0. The highest BCUT2D eigenvalue weighted by molar-refractivity contribution is 5.73. The van der Waals surface area contributed by atoms with Crippen LogP contribution < -0.4 is 5.73 Å². The van der Waals surface area contributed by atoms with Crippen LogP contribution in [0.4, 0.5) is 13.2 Å². The van der Waals surface area contributed by atoms with E-state index in [0.717, 1.165) is 0 Å². The standard InChI is InChI=1S/C6H13NO2.C2HF3O2/c1-4(2)3-5(7)6(8)9;3-2(4,5)1(6)7/h4-5H,3,7H2,1-2H3,(H,8,9);(H,6,7). The predicted molar refractivity (Wildman–Crippen MR) is 48.8 cm³/mol. The fourth-order valence-electron chi connectivity index (χ4n) is 0.609. The second kappa shape index (κ2) is 7.04. The summed E-state index contributed by atoms with van der Waals surface area (Å²) in [5.74, 6) is -3.31. The van der Waals surface area contributed by atoms with Gasteiger partial charge in [0.1, 0.15) is 6.04 Å². The molecule has 96 valence electrons. The molecule has 0 radical (unpaired) electrons. The summed E-state index contributed by atoms with van der Waals surface area (Å²) in [5.41, 5.74) is 5.22. The zero-order chi connectivity index (χ0) is 13.5. The van der Waals surface area contributed by atoms with Gasteiger partial charge in [0.2, 0.25) is 0 Å². The normalized spacial score (nSPS) is 12.7. The maximum Gasteiger partial charge on any atom is 0.490 e. The quantitative estimate of drug-likeness (QED) is 0.690. The molecule has 0 aliphatic carbocycles. The Labute approximate surface area is 90.0 Å². The molecule has 0 aromatic heterocycles. The van der Waals surface area contributed by atoms with Crippen molar-refractivity contribution in [1.82, 2.24) is 0 Å². The first-order valence-electron chi connectivity index (χ1n) is 4.27. The smallest absolute Gasteiger partial charge is 0.480 e. The molecule has 0 saturated heterocycles. The molecule has 0 aliphatic rings. The van der Waals surface area contributed by atoms with Crippen molar-refractivity contribution >= 4 is 11.9 Å². The van der Waals surface area contributed by atoms with Crippen LogP contribution >= 0.6 is 0 Å². The van der Waals surface area contributed by atoms with E-state index in [1.54, 1.807) is 0 Å². The highest BCUT2D eigenvalue weighted by Crippen LogP contribution is 2.13. The molecule has 5 nitrogen and oxygen atoms in total. The number of halogens is 3. The van der Waals surface area contributed by atoms with Crippen molar-refractivity contribution in [3.8, 4) is 0 Å². The van der Waals surface area contributed by atoms with Crippen molar-refractivity contribution in [1.29, 1.82) is 0 Å². The molecule has 0 spiro atoms. The third-order valence-electron chi connectivity index (χ3n) is 1.29. The number of nitrogens with two attached hydrogens (primary N) is 1. The number of carbonyl (C=O) groups is 2. The van der Waals surface area contributed by atoms with Gasteiger partial charge in [-0.05, 0) is 12.3 Å². The summed E-state index contributed by atoms with van der Waals surface area (Å²) in [6.45, 7) is 3.89. The zero-order valence-corrected chi connectivity index (χ0v) is 8.78. The third-order valence-corrected chi connectivity index (χ3v) is 1.29. The Balaban J connectivity index is 0. The highest BCUT2D eigenvalue weighted by atomic mass is 19.4. The summed E-state index contributed by atoms with van der Waals surface area (Å²) in [5, 5.41) is 15.4. The summed E-state index contributed by atoms with van der Waals surface area (Å²) in [6, 6.07) is -0.690. The lowest BCUT2D eigenvalue weighted by Crippen LogP contribution is -2.31. The number of alkyl halides is 3. The second-order valence-electron chi connectivity index (χ2n) is 3.38. The SMILES string of the molecule is CC(C)CC(N)C(=O)O.O=C(O)C(F)(F)F. The number of hydrogen-bond donors (Lipinski definition) is 3. The van der Waals surface area contributed by atoms with E-state index in [2.05, 4.69) is 0 Å². The maximum absolute atomic E-state index is 10.6. The molecule has 16 heavy (non-hydrogen) atoms. The molecule has 1 atom stereocenters. The first kappa shape index (κ1) is 17.1. The van der Waals surface area contributed by atoms with E-state index in [0.29, 0.717) is 12.3 Å². The van der Waals surface area contributed by atoms with Crippen molar-refractivity contribution in [3.63, 3.8) is 0 Å². The Morgan fingerprint density at radius 1 is 1.25 bits per heavy atom. The maximum atomic E-state index is 10.6. The number of carboxylic acids is 2. The summed E-state index contributed by atoms with van der Waals surface area (Å²) < 4.78 is 31.7. The van der Waals surface area contributed by atoms with E-state index in [1.807, 2.05) is 13.8 Å². The molecule has 0 heterocycles. The lowest BCUT2D eigenvalue weighted by molar-refractivity contribution is -0.192. The molecular weight excluding hydrogens is 231 g/mol. The van der Waals surface area contributed by atoms with Gasteiger partial charge in [0, 0.05) is 0 Å². The first-order valence-corrected chi connectivity index (χ1v) is 4.27. The van der Waals surface area contributed by atoms with Crippen LogP contribution in [-0.2, 0) is 9.59 Å². The Morgan fingerprint density at radius 3 is 1.62 bits per heavy atom. The van der Waals surface area contributed by atoms with Crippen LogP contribution in [0.3, 0.4) is 0 Å². The molecule has 0 rings (SSSR count). The molecule has 8 heteroatoms. The van der Waals surface area contributed by atoms with Crippen molar-refractivity contribution < 1.29 is 33.0 Å². The minimum Gasteiger partial charge on any atom is -0.480 e. The Bertz CT molecular complexity index is 240. The lowest BCUT2D eigenvalue weighted by atomic mass is 10.1.